The van der Waals surface area contributed by atoms with E-state index in [0.29, 0.717) is 23.2 Å². The largest absolute Gasteiger partial charge is 0.339 e. The molecule has 1 aliphatic rings. The van der Waals surface area contributed by atoms with Gasteiger partial charge in [0.05, 0.1) is 17.1 Å². The second-order valence-corrected chi connectivity index (χ2v) is 9.69. The number of hydrogen-bond donors (Lipinski definition) is 1. The summed E-state index contributed by atoms with van der Waals surface area (Å²) in [4.78, 5) is 19.1. The maximum atomic E-state index is 13.2. The number of aromatic nitrogens is 4. The van der Waals surface area contributed by atoms with Crippen LogP contribution in [-0.2, 0) is 6.54 Å². The van der Waals surface area contributed by atoms with E-state index in [1.165, 1.54) is 23.5 Å². The van der Waals surface area contributed by atoms with Crippen LogP contribution in [0.3, 0.4) is 0 Å². The fourth-order valence-electron chi connectivity index (χ4n) is 3.70. The summed E-state index contributed by atoms with van der Waals surface area (Å²) < 4.78 is 20.6. The summed E-state index contributed by atoms with van der Waals surface area (Å²) >= 11 is 1.39. The van der Waals surface area contributed by atoms with Crippen LogP contribution in [0.4, 0.5) is 4.39 Å². The molecule has 9 heteroatoms. The normalized spacial score (nSPS) is 14.9. The van der Waals surface area contributed by atoms with Crippen LogP contribution in [0.5, 0.6) is 0 Å². The number of carbonyl (C=O) groups is 1. The zero-order valence-electron chi connectivity index (χ0n) is 18.1. The number of fused-ring (bicyclic) bond motifs is 1. The molecule has 1 aliphatic carbocycles. The van der Waals surface area contributed by atoms with Crippen molar-refractivity contribution in [1.82, 2.24) is 25.2 Å². The number of rotatable bonds is 7. The smallest absolute Gasteiger partial charge is 0.262 e. The van der Waals surface area contributed by atoms with Crippen molar-refractivity contribution in [2.24, 2.45) is 5.92 Å². The molecule has 32 heavy (non-hydrogen) atoms. The van der Waals surface area contributed by atoms with Gasteiger partial charge in [0.2, 0.25) is 5.89 Å². The van der Waals surface area contributed by atoms with E-state index in [1.54, 1.807) is 12.1 Å². The molecule has 3 heterocycles. The molecule has 1 amide bonds. The summed E-state index contributed by atoms with van der Waals surface area (Å²) in [5.41, 5.74) is 1.79. The topological polar surface area (TPSA) is 85.8 Å². The fourth-order valence-corrected chi connectivity index (χ4v) is 4.77. The Bertz CT molecular complexity index is 1270. The third kappa shape index (κ3) is 4.04. The lowest BCUT2D eigenvalue weighted by Gasteiger charge is -2.18. The highest BCUT2D eigenvalue weighted by molar-refractivity contribution is 7.20. The molecular weight excluding hydrogens is 429 g/mol. The Morgan fingerprint density at radius 3 is 2.75 bits per heavy atom. The van der Waals surface area contributed by atoms with Crippen molar-refractivity contribution in [3.63, 3.8) is 0 Å². The van der Waals surface area contributed by atoms with Crippen molar-refractivity contribution in [3.8, 4) is 0 Å². The first-order chi connectivity index (χ1) is 15.4. The van der Waals surface area contributed by atoms with E-state index in [0.717, 1.165) is 40.1 Å². The summed E-state index contributed by atoms with van der Waals surface area (Å²) in [5.74, 6) is 1.23. The van der Waals surface area contributed by atoms with Gasteiger partial charge in [0.15, 0.2) is 5.82 Å². The molecule has 1 saturated carbocycles. The van der Waals surface area contributed by atoms with Gasteiger partial charge in [-0.2, -0.15) is 10.1 Å². The van der Waals surface area contributed by atoms with E-state index in [-0.39, 0.29) is 23.7 Å². The van der Waals surface area contributed by atoms with Crippen LogP contribution < -0.4 is 5.32 Å². The Hall–Kier alpha value is -3.07. The number of nitrogens with zero attached hydrogens (tertiary/aromatic N) is 4. The second-order valence-electron chi connectivity index (χ2n) is 8.66. The molecule has 1 aromatic carbocycles. The quantitative estimate of drug-likeness (QED) is 0.426. The van der Waals surface area contributed by atoms with Crippen molar-refractivity contribution >= 4 is 27.5 Å². The average molecular weight is 454 g/mol. The van der Waals surface area contributed by atoms with Crippen LogP contribution in [-0.4, -0.2) is 25.8 Å². The summed E-state index contributed by atoms with van der Waals surface area (Å²) in [7, 11) is 0. The second kappa shape index (κ2) is 8.12. The number of thiophene rings is 1. The van der Waals surface area contributed by atoms with Gasteiger partial charge in [0.25, 0.3) is 5.91 Å². The summed E-state index contributed by atoms with van der Waals surface area (Å²) in [5, 5.41) is 12.7. The van der Waals surface area contributed by atoms with Crippen molar-refractivity contribution in [1.29, 1.82) is 0 Å². The molecule has 0 aliphatic heterocycles. The standard InChI is InChI=1S/C23H24FN5O2S/c1-12(2)19(22-26-20(28-31-22)15-6-7-15)25-21(30)18-10-17-13(3)27-29(23(17)32-18)11-14-4-8-16(24)9-5-14/h4-5,8-10,12,15,19H,6-7,11H2,1-3H3,(H,25,30). The molecule has 0 spiro atoms. The van der Waals surface area contributed by atoms with Gasteiger partial charge >= 0.3 is 0 Å². The SMILES string of the molecule is Cc1nn(Cc2ccc(F)cc2)c2sc(C(=O)NC(c3nc(C4CC4)no3)C(C)C)cc12. The first kappa shape index (κ1) is 20.8. The van der Waals surface area contributed by atoms with Gasteiger partial charge in [-0.15, -0.1) is 11.3 Å². The number of benzene rings is 1. The molecule has 1 N–H and O–H groups in total. The number of halogens is 1. The fraction of sp³-hybridized carbons (Fsp3) is 0.391. The highest BCUT2D eigenvalue weighted by Crippen LogP contribution is 2.39. The summed E-state index contributed by atoms with van der Waals surface area (Å²) in [6.45, 7) is 6.46. The highest BCUT2D eigenvalue weighted by atomic mass is 32.1. The molecule has 0 bridgehead atoms. The van der Waals surface area contributed by atoms with Crippen molar-refractivity contribution in [2.45, 2.75) is 52.1 Å². The monoisotopic (exact) mass is 453 g/mol. The molecule has 4 aromatic rings. The minimum absolute atomic E-state index is 0.0940. The van der Waals surface area contributed by atoms with Crippen LogP contribution in [0.2, 0.25) is 0 Å². The van der Waals surface area contributed by atoms with Gasteiger partial charge in [-0.1, -0.05) is 31.1 Å². The van der Waals surface area contributed by atoms with E-state index in [1.807, 2.05) is 31.5 Å². The Morgan fingerprint density at radius 2 is 2.06 bits per heavy atom. The maximum Gasteiger partial charge on any atom is 0.262 e. The van der Waals surface area contributed by atoms with Gasteiger partial charge in [-0.05, 0) is 49.4 Å². The number of carbonyl (C=O) groups excluding carboxylic acids is 1. The van der Waals surface area contributed by atoms with Gasteiger partial charge in [0.1, 0.15) is 16.7 Å². The van der Waals surface area contributed by atoms with E-state index in [4.69, 9.17) is 4.52 Å². The van der Waals surface area contributed by atoms with Crippen LogP contribution in [0, 0.1) is 18.7 Å². The molecule has 5 rings (SSSR count). The van der Waals surface area contributed by atoms with Gasteiger partial charge in [-0.25, -0.2) is 4.39 Å². The Kier molecular flexibility index (Phi) is 5.28. The number of aryl methyl sites for hydroxylation is 1. The molecule has 7 nitrogen and oxygen atoms in total. The van der Waals surface area contributed by atoms with Gasteiger partial charge in [0, 0.05) is 11.3 Å². The lowest BCUT2D eigenvalue weighted by Crippen LogP contribution is -2.31. The van der Waals surface area contributed by atoms with Crippen LogP contribution in [0.25, 0.3) is 10.2 Å². The number of amides is 1. The van der Waals surface area contributed by atoms with Crippen molar-refractivity contribution in [3.05, 3.63) is 64.0 Å². The first-order valence-corrected chi connectivity index (χ1v) is 11.6. The lowest BCUT2D eigenvalue weighted by molar-refractivity contribution is 0.0918. The number of hydrogen-bond acceptors (Lipinski definition) is 6. The van der Waals surface area contributed by atoms with E-state index in [2.05, 4.69) is 20.6 Å². The van der Waals surface area contributed by atoms with Gasteiger partial charge < -0.3 is 9.84 Å². The molecule has 1 unspecified atom stereocenters. The maximum absolute atomic E-state index is 13.2. The Morgan fingerprint density at radius 1 is 1.31 bits per heavy atom. The predicted octanol–water partition coefficient (Wildman–Crippen LogP) is 4.98. The molecule has 1 atom stereocenters. The zero-order chi connectivity index (χ0) is 22.4. The summed E-state index contributed by atoms with van der Waals surface area (Å²) in [6, 6.07) is 7.88. The molecule has 0 saturated heterocycles. The van der Waals surface area contributed by atoms with Crippen LogP contribution >= 0.6 is 11.3 Å². The predicted molar refractivity (Wildman–Crippen MR) is 119 cm³/mol. The number of nitrogens with one attached hydrogen (secondary N) is 1. The van der Waals surface area contributed by atoms with Crippen molar-refractivity contribution in [2.75, 3.05) is 0 Å². The Balaban J connectivity index is 1.38. The van der Waals surface area contributed by atoms with E-state index >= 15 is 0 Å². The molecule has 0 radical (unpaired) electrons. The first-order valence-electron chi connectivity index (χ1n) is 10.7. The third-order valence-corrected chi connectivity index (χ3v) is 6.84. The average Bonchev–Trinajstić information content (AvgIpc) is 3.21. The van der Waals surface area contributed by atoms with Crippen LogP contribution in [0.1, 0.15) is 71.3 Å². The molecule has 1 fully saturated rings. The third-order valence-electron chi connectivity index (χ3n) is 5.70. The van der Waals surface area contributed by atoms with Gasteiger partial charge in [-0.3, -0.25) is 9.48 Å². The molecular formula is C23H24FN5O2S. The molecule has 166 valence electrons. The van der Waals surface area contributed by atoms with E-state index < -0.39 is 0 Å². The minimum atomic E-state index is -0.357. The minimum Gasteiger partial charge on any atom is -0.339 e. The Labute approximate surface area is 188 Å². The highest BCUT2D eigenvalue weighted by Gasteiger charge is 2.32. The lowest BCUT2D eigenvalue weighted by atomic mass is 10.0. The zero-order valence-corrected chi connectivity index (χ0v) is 18.9. The van der Waals surface area contributed by atoms with E-state index in [9.17, 15) is 9.18 Å². The van der Waals surface area contributed by atoms with Crippen molar-refractivity contribution < 1.29 is 13.7 Å². The summed E-state index contributed by atoms with van der Waals surface area (Å²) in [6.07, 6.45) is 2.18. The molecule has 3 aromatic heterocycles. The van der Waals surface area contributed by atoms with Crippen LogP contribution in [0.15, 0.2) is 34.9 Å².